The van der Waals surface area contributed by atoms with E-state index >= 15 is 0 Å². The largest absolute Gasteiger partial charge is 0.487 e. The van der Waals surface area contributed by atoms with E-state index in [0.29, 0.717) is 15.8 Å². The minimum absolute atomic E-state index is 0.00629. The molecule has 1 N–H and O–H groups in total. The maximum absolute atomic E-state index is 13.7. The molecule has 0 spiro atoms. The van der Waals surface area contributed by atoms with Gasteiger partial charge in [-0.15, -0.1) is 11.3 Å². The Balaban J connectivity index is 2.21. The highest BCUT2D eigenvalue weighted by molar-refractivity contribution is 9.10. The van der Waals surface area contributed by atoms with Gasteiger partial charge in [-0.2, -0.15) is 0 Å². The summed E-state index contributed by atoms with van der Waals surface area (Å²) in [6.45, 7) is 3.96. The monoisotopic (exact) mass is 372 g/mol. The van der Waals surface area contributed by atoms with E-state index in [9.17, 15) is 14.3 Å². The molecule has 0 aliphatic carbocycles. The molecular formula is C15H14BrFO3S. The molecule has 0 amide bonds. The van der Waals surface area contributed by atoms with Crippen LogP contribution in [0.4, 0.5) is 4.39 Å². The molecule has 1 aromatic heterocycles. The lowest BCUT2D eigenvalue weighted by atomic mass is 10.2. The standard InChI is InChI=1S/C15H14BrFO3S/c1-8(2)13-6-12(14(21-13)15(18)19)20-7-9-3-4-10(16)5-11(9)17/h3-6,8H,7H2,1-2H3,(H,18,19). The number of carboxylic acid groups (broad SMARTS) is 1. The van der Waals surface area contributed by atoms with Gasteiger partial charge in [0.1, 0.15) is 18.2 Å². The van der Waals surface area contributed by atoms with Gasteiger partial charge in [0.2, 0.25) is 0 Å². The second kappa shape index (κ2) is 6.58. The molecule has 2 rings (SSSR count). The molecule has 6 heteroatoms. The topological polar surface area (TPSA) is 46.5 Å². The van der Waals surface area contributed by atoms with Crippen molar-refractivity contribution in [2.24, 2.45) is 0 Å². The second-order valence-corrected chi connectivity index (χ2v) is 6.83. The van der Waals surface area contributed by atoms with Crippen LogP contribution < -0.4 is 4.74 Å². The molecule has 21 heavy (non-hydrogen) atoms. The quantitative estimate of drug-likeness (QED) is 0.798. The van der Waals surface area contributed by atoms with Crippen molar-refractivity contribution in [2.75, 3.05) is 0 Å². The fraction of sp³-hybridized carbons (Fsp3) is 0.267. The average Bonchev–Trinajstić information content (AvgIpc) is 2.82. The van der Waals surface area contributed by atoms with Crippen molar-refractivity contribution < 1.29 is 19.0 Å². The Kier molecular flexibility index (Phi) is 5.00. The first-order valence-corrected chi connectivity index (χ1v) is 7.93. The summed E-state index contributed by atoms with van der Waals surface area (Å²) >= 11 is 4.38. The van der Waals surface area contributed by atoms with Crippen molar-refractivity contribution in [1.29, 1.82) is 0 Å². The van der Waals surface area contributed by atoms with Crippen LogP contribution in [0.15, 0.2) is 28.7 Å². The molecule has 0 atom stereocenters. The van der Waals surface area contributed by atoms with Gasteiger partial charge in [-0.05, 0) is 24.1 Å². The number of ether oxygens (including phenoxy) is 1. The van der Waals surface area contributed by atoms with Gasteiger partial charge in [0.05, 0.1) is 0 Å². The van der Waals surface area contributed by atoms with E-state index < -0.39 is 5.97 Å². The van der Waals surface area contributed by atoms with Gasteiger partial charge in [0.15, 0.2) is 4.88 Å². The number of aromatic carboxylic acids is 1. The lowest BCUT2D eigenvalue weighted by Crippen LogP contribution is -2.01. The molecule has 1 heterocycles. The summed E-state index contributed by atoms with van der Waals surface area (Å²) in [5.41, 5.74) is 0.381. The van der Waals surface area contributed by atoms with E-state index in [4.69, 9.17) is 4.74 Å². The van der Waals surface area contributed by atoms with Crippen molar-refractivity contribution in [2.45, 2.75) is 26.4 Å². The Morgan fingerprint density at radius 3 is 2.71 bits per heavy atom. The van der Waals surface area contributed by atoms with Crippen LogP contribution in [0.1, 0.15) is 39.9 Å². The maximum atomic E-state index is 13.7. The summed E-state index contributed by atoms with van der Waals surface area (Å²) in [4.78, 5) is 12.3. The number of hydrogen-bond acceptors (Lipinski definition) is 3. The highest BCUT2D eigenvalue weighted by Crippen LogP contribution is 2.34. The van der Waals surface area contributed by atoms with Crippen LogP contribution >= 0.6 is 27.3 Å². The highest BCUT2D eigenvalue weighted by Gasteiger charge is 2.18. The molecule has 0 aliphatic rings. The summed E-state index contributed by atoms with van der Waals surface area (Å²) in [6, 6.07) is 6.39. The zero-order valence-electron chi connectivity index (χ0n) is 11.5. The summed E-state index contributed by atoms with van der Waals surface area (Å²) < 4.78 is 19.9. The van der Waals surface area contributed by atoms with Crippen molar-refractivity contribution in [3.8, 4) is 5.75 Å². The molecule has 0 aliphatic heterocycles. The van der Waals surface area contributed by atoms with Crippen LogP contribution in [0.3, 0.4) is 0 Å². The first-order valence-electron chi connectivity index (χ1n) is 6.32. The summed E-state index contributed by atoms with van der Waals surface area (Å²) in [5.74, 6) is -0.910. The molecule has 0 radical (unpaired) electrons. The van der Waals surface area contributed by atoms with Gasteiger partial charge in [0, 0.05) is 14.9 Å². The molecule has 1 aromatic carbocycles. The molecule has 112 valence electrons. The van der Waals surface area contributed by atoms with Gasteiger partial charge in [-0.25, -0.2) is 9.18 Å². The normalized spacial score (nSPS) is 10.9. The van der Waals surface area contributed by atoms with E-state index in [-0.39, 0.29) is 23.2 Å². The zero-order chi connectivity index (χ0) is 15.6. The average molecular weight is 373 g/mol. The van der Waals surface area contributed by atoms with Crippen LogP contribution in [-0.2, 0) is 6.61 Å². The number of carboxylic acids is 1. The lowest BCUT2D eigenvalue weighted by molar-refractivity contribution is 0.0697. The Bertz CT molecular complexity index is 667. The summed E-state index contributed by atoms with van der Waals surface area (Å²) in [5, 5.41) is 9.20. The van der Waals surface area contributed by atoms with Gasteiger partial charge >= 0.3 is 5.97 Å². The van der Waals surface area contributed by atoms with Crippen LogP contribution in [0.2, 0.25) is 0 Å². The highest BCUT2D eigenvalue weighted by atomic mass is 79.9. The number of hydrogen-bond donors (Lipinski definition) is 1. The maximum Gasteiger partial charge on any atom is 0.349 e. The Morgan fingerprint density at radius 1 is 1.43 bits per heavy atom. The van der Waals surface area contributed by atoms with Crippen molar-refractivity contribution in [3.63, 3.8) is 0 Å². The van der Waals surface area contributed by atoms with Gasteiger partial charge in [-0.3, -0.25) is 0 Å². The summed E-state index contributed by atoms with van der Waals surface area (Å²) in [6.07, 6.45) is 0. The minimum Gasteiger partial charge on any atom is -0.487 e. The molecular weight excluding hydrogens is 359 g/mol. The number of halogens is 2. The predicted molar refractivity (Wildman–Crippen MR) is 83.8 cm³/mol. The molecule has 0 unspecified atom stereocenters. The zero-order valence-corrected chi connectivity index (χ0v) is 13.9. The van der Waals surface area contributed by atoms with Gasteiger partial charge in [0.25, 0.3) is 0 Å². The van der Waals surface area contributed by atoms with Gasteiger partial charge in [-0.1, -0.05) is 35.8 Å². The van der Waals surface area contributed by atoms with Crippen molar-refractivity contribution in [1.82, 2.24) is 0 Å². The SMILES string of the molecule is CC(C)c1cc(OCc2ccc(Br)cc2F)c(C(=O)O)s1. The van der Waals surface area contributed by atoms with Crippen LogP contribution in [0, 0.1) is 5.82 Å². The van der Waals surface area contributed by atoms with E-state index in [0.717, 1.165) is 4.88 Å². The molecule has 0 bridgehead atoms. The minimum atomic E-state index is -1.03. The third-order valence-electron chi connectivity index (χ3n) is 2.88. The number of thiophene rings is 1. The van der Waals surface area contributed by atoms with Crippen LogP contribution in [0.25, 0.3) is 0 Å². The first-order chi connectivity index (χ1) is 9.88. The number of rotatable bonds is 5. The second-order valence-electron chi connectivity index (χ2n) is 4.83. The predicted octanol–water partition coefficient (Wildman–Crippen LogP) is 5.05. The number of carbonyl (C=O) groups is 1. The Morgan fingerprint density at radius 2 is 2.14 bits per heavy atom. The van der Waals surface area contributed by atoms with Crippen LogP contribution in [-0.4, -0.2) is 11.1 Å². The molecule has 0 saturated heterocycles. The molecule has 2 aromatic rings. The van der Waals surface area contributed by atoms with E-state index in [1.54, 1.807) is 18.2 Å². The third kappa shape index (κ3) is 3.83. The fourth-order valence-corrected chi connectivity index (χ4v) is 3.00. The van der Waals surface area contributed by atoms with Crippen molar-refractivity contribution >= 4 is 33.2 Å². The lowest BCUT2D eigenvalue weighted by Gasteiger charge is -2.07. The molecule has 0 fully saturated rings. The van der Waals surface area contributed by atoms with E-state index in [1.165, 1.54) is 17.4 Å². The first kappa shape index (κ1) is 16.0. The fourth-order valence-electron chi connectivity index (χ4n) is 1.73. The number of benzene rings is 1. The molecule has 3 nitrogen and oxygen atoms in total. The van der Waals surface area contributed by atoms with Crippen LogP contribution in [0.5, 0.6) is 5.75 Å². The summed E-state index contributed by atoms with van der Waals surface area (Å²) in [7, 11) is 0. The smallest absolute Gasteiger partial charge is 0.349 e. The Labute approximate surface area is 134 Å². The van der Waals surface area contributed by atoms with Crippen molar-refractivity contribution in [3.05, 3.63) is 49.9 Å². The third-order valence-corrected chi connectivity index (χ3v) is 4.78. The van der Waals surface area contributed by atoms with E-state index in [2.05, 4.69) is 15.9 Å². The van der Waals surface area contributed by atoms with Gasteiger partial charge < -0.3 is 9.84 Å². The Hall–Kier alpha value is -1.40. The van der Waals surface area contributed by atoms with E-state index in [1.807, 2.05) is 13.8 Å². The molecule has 0 saturated carbocycles.